The molecule has 0 radical (unpaired) electrons. The second kappa shape index (κ2) is 7.88. The third-order valence-electron chi connectivity index (χ3n) is 4.28. The van der Waals surface area contributed by atoms with Crippen molar-refractivity contribution in [1.82, 2.24) is 9.78 Å². The molecule has 1 atom stereocenters. The largest absolute Gasteiger partial charge is 0.453 e. The molecule has 3 aromatic rings. The van der Waals surface area contributed by atoms with Gasteiger partial charge in [0.15, 0.2) is 5.69 Å². The van der Waals surface area contributed by atoms with E-state index >= 15 is 0 Å². The first-order valence-electron chi connectivity index (χ1n) is 8.93. The Morgan fingerprint density at radius 3 is 2.43 bits per heavy atom. The number of rotatable bonds is 5. The van der Waals surface area contributed by atoms with E-state index in [0.717, 1.165) is 12.1 Å². The van der Waals surface area contributed by atoms with Gasteiger partial charge in [-0.2, -0.15) is 5.10 Å². The monoisotopic (exact) mass is 386 g/mol. The highest BCUT2D eigenvalue weighted by Crippen LogP contribution is 2.23. The molecule has 0 saturated heterocycles. The van der Waals surface area contributed by atoms with Gasteiger partial charge in [0.25, 0.3) is 5.56 Å². The van der Waals surface area contributed by atoms with Crippen LogP contribution in [0.25, 0.3) is 10.8 Å². The predicted octanol–water partition coefficient (Wildman–Crippen LogP) is 4.25. The van der Waals surface area contributed by atoms with Gasteiger partial charge >= 0.3 is 5.97 Å². The van der Waals surface area contributed by atoms with Gasteiger partial charge in [0.05, 0.1) is 5.39 Å². The van der Waals surface area contributed by atoms with Crippen molar-refractivity contribution in [3.05, 3.63) is 75.7 Å². The minimum atomic E-state index is -0.959. The number of carbonyl (C=O) groups excluding carboxylic acids is 1. The SMILES string of the molecule is CC(C)Cn1nc(C(=O)OC(C)c2ccc(F)cc2F)c2ccccc2c1=O. The zero-order chi connectivity index (χ0) is 20.4. The number of nitrogens with zero attached hydrogens (tertiary/aromatic N) is 2. The molecule has 1 aromatic heterocycles. The molecule has 0 aliphatic carbocycles. The third-order valence-corrected chi connectivity index (χ3v) is 4.28. The molecule has 0 bridgehead atoms. The predicted molar refractivity (Wildman–Crippen MR) is 101 cm³/mol. The van der Waals surface area contributed by atoms with Crippen LogP contribution in [-0.2, 0) is 11.3 Å². The van der Waals surface area contributed by atoms with Crippen molar-refractivity contribution in [1.29, 1.82) is 0 Å². The zero-order valence-electron chi connectivity index (χ0n) is 15.8. The summed E-state index contributed by atoms with van der Waals surface area (Å²) in [7, 11) is 0. The third kappa shape index (κ3) is 3.93. The fraction of sp³-hybridized carbons (Fsp3) is 0.286. The van der Waals surface area contributed by atoms with Crippen LogP contribution in [0.3, 0.4) is 0 Å². The maximum atomic E-state index is 14.0. The van der Waals surface area contributed by atoms with Crippen molar-refractivity contribution in [2.45, 2.75) is 33.4 Å². The number of aromatic nitrogens is 2. The summed E-state index contributed by atoms with van der Waals surface area (Å²) in [5.74, 6) is -2.16. The molecule has 0 aliphatic rings. The van der Waals surface area contributed by atoms with Gasteiger partial charge in [0, 0.05) is 23.6 Å². The molecule has 0 spiro atoms. The van der Waals surface area contributed by atoms with Crippen molar-refractivity contribution in [2.75, 3.05) is 0 Å². The smallest absolute Gasteiger partial charge is 0.360 e. The lowest BCUT2D eigenvalue weighted by molar-refractivity contribution is 0.0323. The Hall–Kier alpha value is -3.09. The Bertz CT molecular complexity index is 1090. The van der Waals surface area contributed by atoms with Crippen LogP contribution in [0.15, 0.2) is 47.3 Å². The average Bonchev–Trinajstić information content (AvgIpc) is 2.63. The standard InChI is InChI=1S/C21H20F2N2O3/c1-12(2)11-25-20(26)17-7-5-4-6-16(17)19(24-25)21(27)28-13(3)15-9-8-14(22)10-18(15)23/h4-10,12-13H,11H2,1-3H3. The molecule has 3 rings (SSSR count). The number of hydrogen-bond donors (Lipinski definition) is 0. The van der Waals surface area contributed by atoms with E-state index in [4.69, 9.17) is 4.74 Å². The first-order valence-corrected chi connectivity index (χ1v) is 8.93. The lowest BCUT2D eigenvalue weighted by Gasteiger charge is -2.16. The summed E-state index contributed by atoms with van der Waals surface area (Å²) in [6.07, 6.45) is -0.959. The molecule has 0 saturated carbocycles. The molecule has 1 unspecified atom stereocenters. The van der Waals surface area contributed by atoms with E-state index in [-0.39, 0.29) is 22.7 Å². The number of hydrogen-bond acceptors (Lipinski definition) is 4. The molecule has 0 fully saturated rings. The van der Waals surface area contributed by atoms with Gasteiger partial charge in [-0.3, -0.25) is 4.79 Å². The number of fused-ring (bicyclic) bond motifs is 1. The van der Waals surface area contributed by atoms with Gasteiger partial charge in [0.2, 0.25) is 0 Å². The molecule has 5 nitrogen and oxygen atoms in total. The molecule has 0 amide bonds. The zero-order valence-corrected chi connectivity index (χ0v) is 15.8. The van der Waals surface area contributed by atoms with Gasteiger partial charge in [-0.05, 0) is 31.0 Å². The van der Waals surface area contributed by atoms with Gasteiger partial charge in [0.1, 0.15) is 17.7 Å². The normalized spacial score (nSPS) is 12.4. The van der Waals surface area contributed by atoms with Crippen LogP contribution >= 0.6 is 0 Å². The molecule has 0 N–H and O–H groups in total. The van der Waals surface area contributed by atoms with E-state index < -0.39 is 23.7 Å². The van der Waals surface area contributed by atoms with E-state index in [1.165, 1.54) is 17.7 Å². The fourth-order valence-electron chi connectivity index (χ4n) is 2.97. The van der Waals surface area contributed by atoms with E-state index in [0.29, 0.717) is 17.3 Å². The number of carbonyl (C=O) groups is 1. The highest BCUT2D eigenvalue weighted by Gasteiger charge is 2.22. The van der Waals surface area contributed by atoms with Crippen LogP contribution in [0, 0.1) is 17.6 Å². The van der Waals surface area contributed by atoms with Crippen molar-refractivity contribution in [3.8, 4) is 0 Å². The number of esters is 1. The summed E-state index contributed by atoms with van der Waals surface area (Å²) in [4.78, 5) is 25.4. The molecule has 146 valence electrons. The average molecular weight is 386 g/mol. The molecule has 28 heavy (non-hydrogen) atoms. The Morgan fingerprint density at radius 2 is 1.79 bits per heavy atom. The lowest BCUT2D eigenvalue weighted by atomic mass is 10.1. The van der Waals surface area contributed by atoms with Crippen LogP contribution in [0.2, 0.25) is 0 Å². The summed E-state index contributed by atoms with van der Waals surface area (Å²) in [5, 5.41) is 4.92. The van der Waals surface area contributed by atoms with Crippen LogP contribution < -0.4 is 5.56 Å². The Morgan fingerprint density at radius 1 is 1.11 bits per heavy atom. The molecule has 2 aromatic carbocycles. The maximum absolute atomic E-state index is 14.0. The van der Waals surface area contributed by atoms with Gasteiger partial charge in [-0.1, -0.05) is 32.0 Å². The summed E-state index contributed by atoms with van der Waals surface area (Å²) >= 11 is 0. The van der Waals surface area contributed by atoms with E-state index in [1.807, 2.05) is 13.8 Å². The van der Waals surface area contributed by atoms with Crippen molar-refractivity contribution < 1.29 is 18.3 Å². The minimum Gasteiger partial charge on any atom is -0.453 e. The summed E-state index contributed by atoms with van der Waals surface area (Å²) < 4.78 is 33.7. The van der Waals surface area contributed by atoms with Crippen LogP contribution in [-0.4, -0.2) is 15.7 Å². The number of benzene rings is 2. The summed E-state index contributed by atoms with van der Waals surface area (Å²) in [6, 6.07) is 9.69. The second-order valence-corrected chi connectivity index (χ2v) is 6.99. The highest BCUT2D eigenvalue weighted by molar-refractivity contribution is 6.02. The minimum absolute atomic E-state index is 0.0229. The topological polar surface area (TPSA) is 61.2 Å². The molecular formula is C21H20F2N2O3. The van der Waals surface area contributed by atoms with Crippen molar-refractivity contribution in [3.63, 3.8) is 0 Å². The molecular weight excluding hydrogens is 366 g/mol. The number of ether oxygens (including phenoxy) is 1. The number of halogens is 2. The summed E-state index contributed by atoms with van der Waals surface area (Å²) in [5.41, 5.74) is -0.266. The van der Waals surface area contributed by atoms with Crippen molar-refractivity contribution >= 4 is 16.7 Å². The first-order chi connectivity index (χ1) is 13.3. The lowest BCUT2D eigenvalue weighted by Crippen LogP contribution is -2.28. The Balaban J connectivity index is 2.01. The van der Waals surface area contributed by atoms with E-state index in [1.54, 1.807) is 24.3 Å². The van der Waals surface area contributed by atoms with Gasteiger partial charge in [-0.15, -0.1) is 0 Å². The van der Waals surface area contributed by atoms with Crippen LogP contribution in [0.1, 0.15) is 42.9 Å². The van der Waals surface area contributed by atoms with Crippen LogP contribution in [0.5, 0.6) is 0 Å². The second-order valence-electron chi connectivity index (χ2n) is 6.99. The molecule has 0 aliphatic heterocycles. The molecule has 1 heterocycles. The molecule has 7 heteroatoms. The van der Waals surface area contributed by atoms with Gasteiger partial charge in [-0.25, -0.2) is 18.3 Å². The van der Waals surface area contributed by atoms with Gasteiger partial charge < -0.3 is 4.74 Å². The van der Waals surface area contributed by atoms with Crippen molar-refractivity contribution in [2.24, 2.45) is 5.92 Å². The maximum Gasteiger partial charge on any atom is 0.360 e. The van der Waals surface area contributed by atoms with E-state index in [9.17, 15) is 18.4 Å². The first kappa shape index (κ1) is 19.7. The fourth-order valence-corrected chi connectivity index (χ4v) is 2.97. The van der Waals surface area contributed by atoms with Crippen LogP contribution in [0.4, 0.5) is 8.78 Å². The van der Waals surface area contributed by atoms with E-state index in [2.05, 4.69) is 5.10 Å². The highest BCUT2D eigenvalue weighted by atomic mass is 19.1. The Labute approximate surface area is 160 Å². The quantitative estimate of drug-likeness (QED) is 0.615. The Kier molecular flexibility index (Phi) is 5.53. The summed E-state index contributed by atoms with van der Waals surface area (Å²) in [6.45, 7) is 5.69.